The van der Waals surface area contributed by atoms with E-state index in [0.717, 1.165) is 78.2 Å². The molecule has 0 aromatic heterocycles. The van der Waals surface area contributed by atoms with Crippen molar-refractivity contribution >= 4 is 5.96 Å². The standard InChI is InChI=1S/C18H34N4O2/c1-3-19-17(22-6-4-18(14-22)5-9-24-15-18)20-12-16(2)13-21-7-10-23-11-8-21/h16H,3-15H2,1-2H3,(H,19,20). The summed E-state index contributed by atoms with van der Waals surface area (Å²) in [7, 11) is 0. The van der Waals surface area contributed by atoms with Crippen LogP contribution in [0, 0.1) is 11.3 Å². The molecule has 3 aliphatic heterocycles. The summed E-state index contributed by atoms with van der Waals surface area (Å²) in [6.07, 6.45) is 2.44. The topological polar surface area (TPSA) is 49.3 Å². The van der Waals surface area contributed by atoms with Crippen molar-refractivity contribution in [2.75, 3.05) is 72.2 Å². The molecule has 3 saturated heterocycles. The molecule has 1 spiro atoms. The van der Waals surface area contributed by atoms with E-state index in [-0.39, 0.29) is 0 Å². The van der Waals surface area contributed by atoms with Crippen LogP contribution in [0.25, 0.3) is 0 Å². The number of nitrogens with zero attached hydrogens (tertiary/aromatic N) is 3. The summed E-state index contributed by atoms with van der Waals surface area (Å²) in [4.78, 5) is 9.89. The van der Waals surface area contributed by atoms with Gasteiger partial charge in [-0.15, -0.1) is 0 Å². The number of rotatable bonds is 5. The molecule has 0 radical (unpaired) electrons. The second-order valence-corrected chi connectivity index (χ2v) is 7.69. The van der Waals surface area contributed by atoms with Crippen LogP contribution in [0.1, 0.15) is 26.7 Å². The number of hydrogen-bond donors (Lipinski definition) is 1. The van der Waals surface area contributed by atoms with Crippen molar-refractivity contribution in [3.8, 4) is 0 Å². The van der Waals surface area contributed by atoms with Crippen LogP contribution in [0.4, 0.5) is 0 Å². The van der Waals surface area contributed by atoms with Gasteiger partial charge < -0.3 is 19.7 Å². The van der Waals surface area contributed by atoms with Crippen molar-refractivity contribution in [2.24, 2.45) is 16.3 Å². The van der Waals surface area contributed by atoms with Crippen molar-refractivity contribution < 1.29 is 9.47 Å². The summed E-state index contributed by atoms with van der Waals surface area (Å²) in [5.41, 5.74) is 0.385. The Hall–Kier alpha value is -0.850. The third-order valence-corrected chi connectivity index (χ3v) is 5.48. The predicted octanol–water partition coefficient (Wildman–Crippen LogP) is 1.03. The normalized spacial score (nSPS) is 30.2. The van der Waals surface area contributed by atoms with E-state index in [0.29, 0.717) is 11.3 Å². The Morgan fingerprint density at radius 1 is 1.17 bits per heavy atom. The maximum Gasteiger partial charge on any atom is 0.193 e. The molecule has 0 bridgehead atoms. The van der Waals surface area contributed by atoms with E-state index in [1.165, 1.54) is 12.8 Å². The minimum atomic E-state index is 0.385. The fourth-order valence-corrected chi connectivity index (χ4v) is 4.04. The first kappa shape index (κ1) is 18.0. The van der Waals surface area contributed by atoms with Crippen LogP contribution in [0.3, 0.4) is 0 Å². The van der Waals surface area contributed by atoms with Gasteiger partial charge in [0.15, 0.2) is 5.96 Å². The number of hydrogen-bond acceptors (Lipinski definition) is 4. The molecule has 0 aromatic carbocycles. The van der Waals surface area contributed by atoms with Crippen LogP contribution in [0.15, 0.2) is 4.99 Å². The Morgan fingerprint density at radius 3 is 2.71 bits per heavy atom. The van der Waals surface area contributed by atoms with Crippen molar-refractivity contribution in [1.29, 1.82) is 0 Å². The average Bonchev–Trinajstić information content (AvgIpc) is 3.23. The van der Waals surface area contributed by atoms with Crippen LogP contribution < -0.4 is 5.32 Å². The number of aliphatic imine (C=N–C) groups is 1. The number of morpholine rings is 1. The molecule has 0 amide bonds. The number of guanidine groups is 1. The van der Waals surface area contributed by atoms with E-state index in [1.807, 2.05) is 0 Å². The van der Waals surface area contributed by atoms with Crippen LogP contribution >= 0.6 is 0 Å². The first-order valence-corrected chi connectivity index (χ1v) is 9.62. The quantitative estimate of drug-likeness (QED) is 0.599. The predicted molar refractivity (Wildman–Crippen MR) is 96.5 cm³/mol. The summed E-state index contributed by atoms with van der Waals surface area (Å²) in [5.74, 6) is 1.67. The Balaban J connectivity index is 1.51. The maximum atomic E-state index is 5.65. The van der Waals surface area contributed by atoms with Gasteiger partial charge in [-0.3, -0.25) is 9.89 Å². The molecule has 0 aliphatic carbocycles. The second kappa shape index (κ2) is 8.50. The second-order valence-electron chi connectivity index (χ2n) is 7.69. The van der Waals surface area contributed by atoms with E-state index < -0.39 is 0 Å². The van der Waals surface area contributed by atoms with E-state index in [2.05, 4.69) is 29.0 Å². The van der Waals surface area contributed by atoms with Crippen LogP contribution in [0.5, 0.6) is 0 Å². The molecule has 0 aromatic rings. The molecule has 6 nitrogen and oxygen atoms in total. The number of nitrogens with one attached hydrogen (secondary N) is 1. The molecule has 1 N–H and O–H groups in total. The van der Waals surface area contributed by atoms with Gasteiger partial charge in [0.05, 0.1) is 19.8 Å². The zero-order chi connectivity index (χ0) is 16.8. The van der Waals surface area contributed by atoms with Gasteiger partial charge in [0.1, 0.15) is 0 Å². The minimum absolute atomic E-state index is 0.385. The molecule has 3 rings (SSSR count). The highest BCUT2D eigenvalue weighted by Gasteiger charge is 2.42. The lowest BCUT2D eigenvalue weighted by molar-refractivity contribution is 0.0323. The molecule has 2 unspecified atom stereocenters. The summed E-state index contributed by atoms with van der Waals surface area (Å²) in [6, 6.07) is 0. The molecule has 24 heavy (non-hydrogen) atoms. The van der Waals surface area contributed by atoms with Gasteiger partial charge in [0.25, 0.3) is 0 Å². The highest BCUT2D eigenvalue weighted by Crippen LogP contribution is 2.38. The first-order valence-electron chi connectivity index (χ1n) is 9.62. The molecule has 2 atom stereocenters. The lowest BCUT2D eigenvalue weighted by Gasteiger charge is -2.29. The van der Waals surface area contributed by atoms with Crippen molar-refractivity contribution in [3.05, 3.63) is 0 Å². The van der Waals surface area contributed by atoms with E-state index >= 15 is 0 Å². The molecule has 6 heteroatoms. The lowest BCUT2D eigenvalue weighted by atomic mass is 9.87. The highest BCUT2D eigenvalue weighted by molar-refractivity contribution is 5.80. The monoisotopic (exact) mass is 338 g/mol. The largest absolute Gasteiger partial charge is 0.381 e. The molecule has 3 aliphatic rings. The fraction of sp³-hybridized carbons (Fsp3) is 0.944. The van der Waals surface area contributed by atoms with Gasteiger partial charge in [0.2, 0.25) is 0 Å². The van der Waals surface area contributed by atoms with Crippen LogP contribution in [-0.4, -0.2) is 88.0 Å². The number of ether oxygens (including phenoxy) is 2. The van der Waals surface area contributed by atoms with E-state index in [4.69, 9.17) is 14.5 Å². The zero-order valence-electron chi connectivity index (χ0n) is 15.4. The van der Waals surface area contributed by atoms with Crippen LogP contribution in [0.2, 0.25) is 0 Å². The lowest BCUT2D eigenvalue weighted by Crippen LogP contribution is -2.42. The summed E-state index contributed by atoms with van der Waals surface area (Å²) in [6.45, 7) is 15.3. The van der Waals surface area contributed by atoms with Crippen molar-refractivity contribution in [2.45, 2.75) is 26.7 Å². The van der Waals surface area contributed by atoms with Crippen molar-refractivity contribution in [1.82, 2.24) is 15.1 Å². The zero-order valence-corrected chi connectivity index (χ0v) is 15.4. The van der Waals surface area contributed by atoms with Gasteiger partial charge in [-0.05, 0) is 25.7 Å². The van der Waals surface area contributed by atoms with Crippen LogP contribution in [-0.2, 0) is 9.47 Å². The van der Waals surface area contributed by atoms with Crippen molar-refractivity contribution in [3.63, 3.8) is 0 Å². The molecule has 0 saturated carbocycles. The minimum Gasteiger partial charge on any atom is -0.381 e. The van der Waals surface area contributed by atoms with Gasteiger partial charge in [-0.25, -0.2) is 0 Å². The van der Waals surface area contributed by atoms with E-state index in [1.54, 1.807) is 0 Å². The van der Waals surface area contributed by atoms with Gasteiger partial charge in [0, 0.05) is 57.8 Å². The third-order valence-electron chi connectivity index (χ3n) is 5.48. The molecular formula is C18H34N4O2. The summed E-state index contributed by atoms with van der Waals surface area (Å²) >= 11 is 0. The van der Waals surface area contributed by atoms with E-state index in [9.17, 15) is 0 Å². The Morgan fingerprint density at radius 2 is 2.00 bits per heavy atom. The maximum absolute atomic E-state index is 5.65. The molecular weight excluding hydrogens is 304 g/mol. The Labute approximate surface area is 146 Å². The fourth-order valence-electron chi connectivity index (χ4n) is 4.04. The number of likely N-dealkylation sites (tertiary alicyclic amines) is 1. The van der Waals surface area contributed by atoms with Gasteiger partial charge in [-0.2, -0.15) is 0 Å². The highest BCUT2D eigenvalue weighted by atomic mass is 16.5. The molecule has 3 fully saturated rings. The SMILES string of the molecule is CCNC(=NCC(C)CN1CCOCC1)N1CCC2(CCOC2)C1. The van der Waals surface area contributed by atoms with Gasteiger partial charge >= 0.3 is 0 Å². The smallest absolute Gasteiger partial charge is 0.193 e. The molecule has 3 heterocycles. The summed E-state index contributed by atoms with van der Waals surface area (Å²) in [5, 5.41) is 3.49. The third kappa shape index (κ3) is 4.61. The Bertz CT molecular complexity index is 417. The Kier molecular flexibility index (Phi) is 6.36. The average molecular weight is 338 g/mol. The first-order chi connectivity index (χ1) is 11.7. The van der Waals surface area contributed by atoms with Gasteiger partial charge in [-0.1, -0.05) is 6.92 Å². The summed E-state index contributed by atoms with van der Waals surface area (Å²) < 4.78 is 11.1. The molecule has 138 valence electrons.